The van der Waals surface area contributed by atoms with Gasteiger partial charge >= 0.3 is 0 Å². The Bertz CT molecular complexity index is 662. The summed E-state index contributed by atoms with van der Waals surface area (Å²) in [6.45, 7) is 2.15. The molecule has 0 N–H and O–H groups in total. The first-order chi connectivity index (χ1) is 8.34. The third-order valence-electron chi connectivity index (χ3n) is 3.06. The molecule has 2 heteroatoms. The molecule has 3 aromatic rings. The van der Waals surface area contributed by atoms with E-state index in [-0.39, 0.29) is 17.0 Å². The number of fused-ring (bicyclic) bond motifs is 1. The maximum atomic E-state index is 2.24. The first kappa shape index (κ1) is 12.8. The summed E-state index contributed by atoms with van der Waals surface area (Å²) < 4.78 is 2.15. The van der Waals surface area contributed by atoms with Crippen molar-refractivity contribution in [3.8, 4) is 11.1 Å². The molecule has 90 valence electrons. The predicted octanol–water partition coefficient (Wildman–Crippen LogP) is 0.405. The van der Waals surface area contributed by atoms with Gasteiger partial charge in [0.1, 0.15) is 0 Å². The summed E-state index contributed by atoms with van der Waals surface area (Å²) >= 11 is 0. The number of hydrogen-bond donors (Lipinski definition) is 0. The highest BCUT2D eigenvalue weighted by atomic mass is 79.9. The molecular weight excluding hydrogens is 286 g/mol. The predicted molar refractivity (Wildman–Crippen MR) is 69.8 cm³/mol. The summed E-state index contributed by atoms with van der Waals surface area (Å²) in [5.74, 6) is 0. The van der Waals surface area contributed by atoms with Crippen molar-refractivity contribution in [2.45, 2.75) is 6.92 Å². The van der Waals surface area contributed by atoms with E-state index < -0.39 is 0 Å². The summed E-state index contributed by atoms with van der Waals surface area (Å²) in [5, 5.41) is 0. The van der Waals surface area contributed by atoms with E-state index in [0.717, 1.165) is 0 Å². The molecule has 0 atom stereocenters. The summed E-state index contributed by atoms with van der Waals surface area (Å²) in [4.78, 5) is 0. The molecule has 0 aliphatic heterocycles. The van der Waals surface area contributed by atoms with Crippen molar-refractivity contribution in [3.05, 3.63) is 72.6 Å². The van der Waals surface area contributed by atoms with E-state index in [4.69, 9.17) is 0 Å². The Kier molecular flexibility index (Phi) is 3.78. The van der Waals surface area contributed by atoms with Crippen LogP contribution in [0.25, 0.3) is 16.6 Å². The Morgan fingerprint density at radius 3 is 2.39 bits per heavy atom. The van der Waals surface area contributed by atoms with Crippen LogP contribution in [0.15, 0.2) is 67.0 Å². The van der Waals surface area contributed by atoms with Crippen LogP contribution in [0.2, 0.25) is 0 Å². The topological polar surface area (TPSA) is 4.10 Å². The fraction of sp³-hybridized carbons (Fsp3) is 0.0625. The van der Waals surface area contributed by atoms with Crippen molar-refractivity contribution in [1.29, 1.82) is 0 Å². The van der Waals surface area contributed by atoms with Crippen LogP contribution in [0, 0.1) is 6.92 Å². The van der Waals surface area contributed by atoms with Gasteiger partial charge in [-0.1, -0.05) is 30.3 Å². The van der Waals surface area contributed by atoms with Crippen LogP contribution in [0.1, 0.15) is 5.56 Å². The molecule has 0 aliphatic carbocycles. The number of benzene rings is 1. The maximum absolute atomic E-state index is 2.24. The van der Waals surface area contributed by atoms with Crippen molar-refractivity contribution in [1.82, 2.24) is 0 Å². The Morgan fingerprint density at radius 2 is 1.61 bits per heavy atom. The van der Waals surface area contributed by atoms with Crippen LogP contribution >= 0.6 is 0 Å². The molecule has 3 rings (SSSR count). The van der Waals surface area contributed by atoms with Gasteiger partial charge in [-0.2, -0.15) is 4.40 Å². The van der Waals surface area contributed by atoms with Gasteiger partial charge in [0.05, 0.1) is 0 Å². The Labute approximate surface area is 117 Å². The van der Waals surface area contributed by atoms with Gasteiger partial charge in [-0.05, 0) is 24.1 Å². The van der Waals surface area contributed by atoms with E-state index in [1.807, 2.05) is 0 Å². The molecule has 1 nitrogen and oxygen atoms in total. The molecule has 2 aromatic heterocycles. The fourth-order valence-electron chi connectivity index (χ4n) is 2.18. The Hall–Kier alpha value is -1.67. The quantitative estimate of drug-likeness (QED) is 0.573. The van der Waals surface area contributed by atoms with Crippen molar-refractivity contribution in [2.24, 2.45) is 0 Å². The number of rotatable bonds is 1. The first-order valence-electron chi connectivity index (χ1n) is 5.81. The van der Waals surface area contributed by atoms with Crippen LogP contribution in [0.5, 0.6) is 0 Å². The third kappa shape index (κ3) is 2.29. The van der Waals surface area contributed by atoms with E-state index >= 15 is 0 Å². The lowest BCUT2D eigenvalue weighted by Gasteiger charge is -2.04. The normalized spacial score (nSPS) is 10.1. The molecule has 18 heavy (non-hydrogen) atoms. The average Bonchev–Trinajstić information content (AvgIpc) is 2.39. The lowest BCUT2D eigenvalue weighted by molar-refractivity contribution is -0.512. The maximum Gasteiger partial charge on any atom is 0.211 e. The van der Waals surface area contributed by atoms with Gasteiger partial charge < -0.3 is 17.0 Å². The molecule has 0 amide bonds. The van der Waals surface area contributed by atoms with Crippen molar-refractivity contribution in [2.75, 3.05) is 0 Å². The minimum atomic E-state index is 0. The Morgan fingerprint density at radius 1 is 0.889 bits per heavy atom. The van der Waals surface area contributed by atoms with Crippen LogP contribution in [-0.4, -0.2) is 0 Å². The zero-order valence-electron chi connectivity index (χ0n) is 10.2. The SMILES string of the molecule is Cc1c[n+]2ccccc2cc1-c1ccccc1.[Br-]. The van der Waals surface area contributed by atoms with Gasteiger partial charge in [0.25, 0.3) is 0 Å². The van der Waals surface area contributed by atoms with Crippen LogP contribution in [0.4, 0.5) is 0 Å². The summed E-state index contributed by atoms with van der Waals surface area (Å²) in [6.07, 6.45) is 4.26. The van der Waals surface area contributed by atoms with Crippen LogP contribution in [-0.2, 0) is 0 Å². The zero-order valence-corrected chi connectivity index (χ0v) is 11.8. The smallest absolute Gasteiger partial charge is 0.211 e. The van der Waals surface area contributed by atoms with Crippen molar-refractivity contribution < 1.29 is 21.4 Å². The molecular formula is C16H14BrN. The number of hydrogen-bond acceptors (Lipinski definition) is 0. The van der Waals surface area contributed by atoms with Crippen molar-refractivity contribution >= 4 is 5.52 Å². The number of pyridine rings is 2. The third-order valence-corrected chi connectivity index (χ3v) is 3.06. The molecule has 0 spiro atoms. The Balaban J connectivity index is 0.00000120. The number of nitrogens with zero attached hydrogens (tertiary/aromatic N) is 1. The van der Waals surface area contributed by atoms with Gasteiger partial charge in [0.2, 0.25) is 5.52 Å². The molecule has 0 bridgehead atoms. The van der Waals surface area contributed by atoms with E-state index in [1.165, 1.54) is 22.2 Å². The number of halogens is 1. The molecule has 1 aromatic carbocycles. The lowest BCUT2D eigenvalue weighted by atomic mass is 10.0. The fourth-order valence-corrected chi connectivity index (χ4v) is 2.18. The minimum Gasteiger partial charge on any atom is -1.00 e. The summed E-state index contributed by atoms with van der Waals surface area (Å²) in [7, 11) is 0. The van der Waals surface area contributed by atoms with Gasteiger partial charge in [0, 0.05) is 23.8 Å². The van der Waals surface area contributed by atoms with Crippen molar-refractivity contribution in [3.63, 3.8) is 0 Å². The van der Waals surface area contributed by atoms with E-state index in [2.05, 4.69) is 78.3 Å². The largest absolute Gasteiger partial charge is 1.00 e. The second-order valence-electron chi connectivity index (χ2n) is 4.27. The molecule has 0 saturated heterocycles. The molecule has 0 saturated carbocycles. The lowest BCUT2D eigenvalue weighted by Crippen LogP contribution is -3.00. The standard InChI is InChI=1S/C16H14N.BrH/c1-13-12-17-10-6-5-9-15(17)11-16(13)14-7-3-2-4-8-14;/h2-12H,1H3;1H/q+1;/p-1. The van der Waals surface area contributed by atoms with Gasteiger partial charge in [-0.15, -0.1) is 0 Å². The number of aromatic nitrogens is 1. The van der Waals surface area contributed by atoms with Crippen LogP contribution < -0.4 is 21.4 Å². The average molecular weight is 300 g/mol. The van der Waals surface area contributed by atoms with Gasteiger partial charge in [-0.25, -0.2) is 0 Å². The molecule has 0 unspecified atom stereocenters. The van der Waals surface area contributed by atoms with Gasteiger partial charge in [-0.3, -0.25) is 0 Å². The van der Waals surface area contributed by atoms with Crippen LogP contribution in [0.3, 0.4) is 0 Å². The highest BCUT2D eigenvalue weighted by Gasteiger charge is 2.08. The van der Waals surface area contributed by atoms with E-state index in [1.54, 1.807) is 0 Å². The van der Waals surface area contributed by atoms with Gasteiger partial charge in [0.15, 0.2) is 12.4 Å². The molecule has 0 aliphatic rings. The first-order valence-corrected chi connectivity index (χ1v) is 5.81. The summed E-state index contributed by atoms with van der Waals surface area (Å²) in [5.41, 5.74) is 5.09. The minimum absolute atomic E-state index is 0. The highest BCUT2D eigenvalue weighted by molar-refractivity contribution is 5.69. The van der Waals surface area contributed by atoms with E-state index in [9.17, 15) is 0 Å². The number of aryl methyl sites for hydroxylation is 1. The molecule has 2 heterocycles. The second kappa shape index (κ2) is 5.32. The monoisotopic (exact) mass is 299 g/mol. The zero-order chi connectivity index (χ0) is 11.7. The van der Waals surface area contributed by atoms with E-state index in [0.29, 0.717) is 0 Å². The highest BCUT2D eigenvalue weighted by Crippen LogP contribution is 2.22. The summed E-state index contributed by atoms with van der Waals surface area (Å²) in [6, 6.07) is 19.0. The second-order valence-corrected chi connectivity index (χ2v) is 4.27. The molecule has 0 radical (unpaired) electrons. The molecule has 0 fully saturated rings.